The number of aromatic nitrogens is 4. The van der Waals surface area contributed by atoms with E-state index in [2.05, 4.69) is 20.8 Å². The summed E-state index contributed by atoms with van der Waals surface area (Å²) in [5.74, 6) is -0.681. The Morgan fingerprint density at radius 3 is 2.88 bits per heavy atom. The van der Waals surface area contributed by atoms with Crippen LogP contribution >= 0.6 is 11.8 Å². The summed E-state index contributed by atoms with van der Waals surface area (Å²) in [6.07, 6.45) is 0. The third-order valence-corrected chi connectivity index (χ3v) is 4.14. The first-order valence-corrected chi connectivity index (χ1v) is 8.19. The Balaban J connectivity index is 1.65. The number of aromatic amines is 1. The lowest BCUT2D eigenvalue weighted by atomic mass is 10.2. The van der Waals surface area contributed by atoms with Crippen LogP contribution in [0.5, 0.6) is 0 Å². The number of halogens is 1. The molecule has 0 spiro atoms. The zero-order valence-corrected chi connectivity index (χ0v) is 13.7. The number of carbonyl (C=O) groups is 1. The largest absolute Gasteiger partial charge is 0.365 e. The van der Waals surface area contributed by atoms with Crippen molar-refractivity contribution < 1.29 is 13.9 Å². The topological polar surface area (TPSA) is 74.5 Å². The molecule has 1 amide bonds. The van der Waals surface area contributed by atoms with Gasteiger partial charge >= 0.3 is 5.16 Å². The molecule has 0 bridgehead atoms. The van der Waals surface area contributed by atoms with E-state index in [1.54, 1.807) is 16.8 Å². The number of nitrogens with zero attached hydrogens (tertiary/aromatic N) is 3. The number of carbonyl (C=O) groups excluding carboxylic acids is 1. The number of tetrazole rings is 1. The lowest BCUT2D eigenvalue weighted by molar-refractivity contribution is -0.697. The van der Waals surface area contributed by atoms with Crippen molar-refractivity contribution in [2.45, 2.75) is 12.1 Å². The first-order valence-electron chi connectivity index (χ1n) is 7.21. The summed E-state index contributed by atoms with van der Waals surface area (Å²) in [6.45, 7) is 1.84. The zero-order chi connectivity index (χ0) is 16.9. The summed E-state index contributed by atoms with van der Waals surface area (Å²) in [5, 5.41) is 13.6. The van der Waals surface area contributed by atoms with Crippen molar-refractivity contribution in [2.24, 2.45) is 0 Å². The van der Waals surface area contributed by atoms with Gasteiger partial charge < -0.3 is 5.32 Å². The smallest absolute Gasteiger partial charge is 0.323 e. The van der Waals surface area contributed by atoms with Crippen molar-refractivity contribution in [1.29, 1.82) is 0 Å². The van der Waals surface area contributed by atoms with Crippen LogP contribution in [0, 0.1) is 12.7 Å². The van der Waals surface area contributed by atoms with Crippen LogP contribution in [0.25, 0.3) is 5.69 Å². The van der Waals surface area contributed by atoms with E-state index in [1.807, 2.05) is 37.3 Å². The van der Waals surface area contributed by atoms with E-state index in [0.717, 1.165) is 11.3 Å². The van der Waals surface area contributed by atoms with Gasteiger partial charge in [0, 0.05) is 0 Å². The van der Waals surface area contributed by atoms with Crippen LogP contribution in [0.15, 0.2) is 53.7 Å². The Labute approximate surface area is 142 Å². The van der Waals surface area contributed by atoms with Crippen molar-refractivity contribution in [3.63, 3.8) is 0 Å². The molecule has 3 rings (SSSR count). The van der Waals surface area contributed by atoms with Gasteiger partial charge in [0.25, 0.3) is 0 Å². The van der Waals surface area contributed by atoms with Gasteiger partial charge in [-0.2, -0.15) is 0 Å². The van der Waals surface area contributed by atoms with Crippen molar-refractivity contribution >= 4 is 23.4 Å². The van der Waals surface area contributed by atoms with E-state index in [9.17, 15) is 9.18 Å². The molecule has 24 heavy (non-hydrogen) atoms. The molecule has 122 valence electrons. The Hall–Kier alpha value is -2.74. The second kappa shape index (κ2) is 7.22. The fraction of sp³-hybridized carbons (Fsp3) is 0.125. The summed E-state index contributed by atoms with van der Waals surface area (Å²) in [5.41, 5.74) is 1.91. The normalized spacial score (nSPS) is 10.6. The fourth-order valence-electron chi connectivity index (χ4n) is 2.09. The van der Waals surface area contributed by atoms with Crippen LogP contribution in [-0.4, -0.2) is 27.2 Å². The van der Waals surface area contributed by atoms with E-state index in [-0.39, 0.29) is 17.3 Å². The number of para-hydroxylation sites is 1. The maximum atomic E-state index is 13.7. The van der Waals surface area contributed by atoms with Crippen LogP contribution in [0.1, 0.15) is 5.56 Å². The number of amides is 1. The monoisotopic (exact) mass is 344 g/mol. The first-order chi connectivity index (χ1) is 11.6. The number of thioether (sulfide) groups is 1. The highest BCUT2D eigenvalue weighted by atomic mass is 32.2. The Bertz CT molecular complexity index is 853. The second-order valence-corrected chi connectivity index (χ2v) is 6.02. The lowest BCUT2D eigenvalue weighted by Gasteiger charge is -2.06. The summed E-state index contributed by atoms with van der Waals surface area (Å²) < 4.78 is 15.3. The molecule has 8 heteroatoms. The number of H-pyrrole nitrogens is 1. The Morgan fingerprint density at radius 2 is 2.08 bits per heavy atom. The molecule has 0 aliphatic carbocycles. The van der Waals surface area contributed by atoms with Crippen LogP contribution in [0.2, 0.25) is 0 Å². The number of nitrogens with one attached hydrogen (secondary N) is 2. The lowest BCUT2D eigenvalue weighted by Crippen LogP contribution is -2.35. The highest BCUT2D eigenvalue weighted by Crippen LogP contribution is 2.17. The van der Waals surface area contributed by atoms with Gasteiger partial charge in [-0.15, -0.1) is 4.68 Å². The molecule has 0 aliphatic rings. The molecule has 1 heterocycles. The van der Waals surface area contributed by atoms with Crippen LogP contribution in [-0.2, 0) is 4.79 Å². The molecule has 2 aromatic carbocycles. The number of hydrogen-bond acceptors (Lipinski definition) is 4. The average Bonchev–Trinajstić information content (AvgIpc) is 3.06. The highest BCUT2D eigenvalue weighted by Gasteiger charge is 2.19. The SMILES string of the molecule is Cc1ccc(F)c(NC(=O)CSc2nn[nH][n+]2-c2ccccc2)c1. The van der Waals surface area contributed by atoms with E-state index < -0.39 is 5.82 Å². The quantitative estimate of drug-likeness (QED) is 0.550. The van der Waals surface area contributed by atoms with Crippen molar-refractivity contribution in [1.82, 2.24) is 15.5 Å². The van der Waals surface area contributed by atoms with Gasteiger partial charge in [-0.05, 0) is 48.5 Å². The van der Waals surface area contributed by atoms with E-state index in [0.29, 0.717) is 5.16 Å². The minimum Gasteiger partial charge on any atom is -0.323 e. The summed E-state index contributed by atoms with van der Waals surface area (Å²) in [7, 11) is 0. The molecule has 3 aromatic rings. The number of hydrogen-bond donors (Lipinski definition) is 2. The van der Waals surface area contributed by atoms with Gasteiger partial charge in [0.15, 0.2) is 5.21 Å². The van der Waals surface area contributed by atoms with Crippen LogP contribution < -0.4 is 10.00 Å². The minimum absolute atomic E-state index is 0.0900. The van der Waals surface area contributed by atoms with Crippen molar-refractivity contribution in [3.8, 4) is 5.69 Å². The third kappa shape index (κ3) is 3.77. The molecule has 0 atom stereocenters. The van der Waals surface area contributed by atoms with Crippen molar-refractivity contribution in [2.75, 3.05) is 11.1 Å². The number of benzene rings is 2. The predicted octanol–water partition coefficient (Wildman–Crippen LogP) is 2.26. The summed E-state index contributed by atoms with van der Waals surface area (Å²) in [6, 6.07) is 14.1. The standard InChI is InChI=1S/C16H14FN5OS/c1-11-7-8-13(17)14(9-11)18-15(23)10-24-16-19-20-21-22(16)12-5-3-2-4-6-12/h2-9H,10H2,1H3,(H,18,23)/p+1. The van der Waals surface area contributed by atoms with E-state index in [1.165, 1.54) is 17.8 Å². The third-order valence-electron chi connectivity index (χ3n) is 3.21. The minimum atomic E-state index is -0.459. The van der Waals surface area contributed by atoms with Gasteiger partial charge in [0.2, 0.25) is 5.91 Å². The van der Waals surface area contributed by atoms with Crippen molar-refractivity contribution in [3.05, 3.63) is 59.9 Å². The Morgan fingerprint density at radius 1 is 1.29 bits per heavy atom. The van der Waals surface area contributed by atoms with Gasteiger partial charge in [-0.25, -0.2) is 4.39 Å². The molecule has 0 saturated heterocycles. The van der Waals surface area contributed by atoms with Gasteiger partial charge in [0.1, 0.15) is 16.6 Å². The highest BCUT2D eigenvalue weighted by molar-refractivity contribution is 7.99. The molecule has 0 fully saturated rings. The molecule has 0 saturated carbocycles. The molecule has 6 nitrogen and oxygen atoms in total. The van der Waals surface area contributed by atoms with E-state index in [4.69, 9.17) is 0 Å². The maximum Gasteiger partial charge on any atom is 0.365 e. The van der Waals surface area contributed by atoms with E-state index >= 15 is 0 Å². The average molecular weight is 344 g/mol. The van der Waals surface area contributed by atoms with Crippen LogP contribution in [0.3, 0.4) is 0 Å². The predicted molar refractivity (Wildman–Crippen MR) is 88.4 cm³/mol. The molecule has 1 aromatic heterocycles. The molecule has 0 radical (unpaired) electrons. The molecule has 2 N–H and O–H groups in total. The number of aryl methyl sites for hydroxylation is 1. The number of anilines is 1. The van der Waals surface area contributed by atoms with Gasteiger partial charge in [-0.1, -0.05) is 29.5 Å². The molecule has 0 aliphatic heterocycles. The van der Waals surface area contributed by atoms with Gasteiger partial charge in [-0.3, -0.25) is 4.79 Å². The zero-order valence-electron chi connectivity index (χ0n) is 12.9. The van der Waals surface area contributed by atoms with Crippen LogP contribution in [0.4, 0.5) is 10.1 Å². The molecular weight excluding hydrogens is 329 g/mol. The summed E-state index contributed by atoms with van der Waals surface area (Å²) in [4.78, 5) is 12.1. The molecular formula is C16H15FN5OS+. The number of rotatable bonds is 5. The molecule has 0 unspecified atom stereocenters. The first kappa shape index (κ1) is 16.1. The maximum absolute atomic E-state index is 13.7. The van der Waals surface area contributed by atoms with Gasteiger partial charge in [0.05, 0.1) is 11.4 Å². The summed E-state index contributed by atoms with van der Waals surface area (Å²) >= 11 is 1.21. The Kier molecular flexibility index (Phi) is 4.85. The second-order valence-electron chi connectivity index (χ2n) is 5.07. The fourth-order valence-corrected chi connectivity index (χ4v) is 2.79.